The Morgan fingerprint density at radius 1 is 1.40 bits per heavy atom. The van der Waals surface area contributed by atoms with Crippen LogP contribution >= 0.6 is 11.3 Å². The molecule has 2 unspecified atom stereocenters. The van der Waals surface area contributed by atoms with Crippen LogP contribution in [0.25, 0.3) is 10.6 Å². The third kappa shape index (κ3) is 4.36. The van der Waals surface area contributed by atoms with Crippen LogP contribution in [0.4, 0.5) is 4.79 Å². The second-order valence-electron chi connectivity index (χ2n) is 6.04. The van der Waals surface area contributed by atoms with Crippen molar-refractivity contribution in [1.82, 2.24) is 14.6 Å². The molecule has 1 aliphatic heterocycles. The van der Waals surface area contributed by atoms with Gasteiger partial charge in [0.2, 0.25) is 10.0 Å². The Morgan fingerprint density at radius 2 is 2.12 bits per heavy atom. The number of amides is 1. The number of carbonyl (C=O) groups is 1. The van der Waals surface area contributed by atoms with Crippen LogP contribution in [0.3, 0.4) is 0 Å². The normalized spacial score (nSPS) is 20.8. The number of carboxylic acid groups (broad SMARTS) is 1. The highest BCUT2D eigenvalue weighted by molar-refractivity contribution is 7.88. The first-order valence-corrected chi connectivity index (χ1v) is 10.6. The molecule has 134 valence electrons. The number of sulfonamides is 1. The fourth-order valence-corrected chi connectivity index (χ4v) is 4.75. The van der Waals surface area contributed by atoms with E-state index in [1.807, 2.05) is 35.7 Å². The summed E-state index contributed by atoms with van der Waals surface area (Å²) in [5.74, 6) is 0. The molecule has 1 fully saturated rings. The van der Waals surface area contributed by atoms with E-state index in [9.17, 15) is 18.3 Å². The summed E-state index contributed by atoms with van der Waals surface area (Å²) in [6, 6.07) is 8.84. The number of hydrogen-bond acceptors (Lipinski definition) is 5. The van der Waals surface area contributed by atoms with Crippen LogP contribution in [-0.4, -0.2) is 54.4 Å². The van der Waals surface area contributed by atoms with Gasteiger partial charge in [0.1, 0.15) is 5.01 Å². The number of rotatable bonds is 5. The molecule has 3 rings (SSSR count). The van der Waals surface area contributed by atoms with Crippen molar-refractivity contribution < 1.29 is 18.3 Å². The lowest BCUT2D eigenvalue weighted by Crippen LogP contribution is -2.47. The number of thiazole rings is 1. The zero-order valence-electron chi connectivity index (χ0n) is 13.6. The molecule has 0 bridgehead atoms. The van der Waals surface area contributed by atoms with Gasteiger partial charge in [-0.15, -0.1) is 11.3 Å². The zero-order chi connectivity index (χ0) is 18.0. The molecule has 2 N–H and O–H groups in total. The first-order valence-electron chi connectivity index (χ1n) is 7.80. The molecule has 2 heterocycles. The van der Waals surface area contributed by atoms with Crippen molar-refractivity contribution in [3.05, 3.63) is 41.4 Å². The molecule has 0 aliphatic carbocycles. The van der Waals surface area contributed by atoms with E-state index in [1.54, 1.807) is 0 Å². The average molecular weight is 381 g/mol. The molecular weight excluding hydrogens is 362 g/mol. The van der Waals surface area contributed by atoms with Crippen molar-refractivity contribution in [3.8, 4) is 10.6 Å². The fraction of sp³-hybridized carbons (Fsp3) is 0.375. The van der Waals surface area contributed by atoms with Crippen LogP contribution in [0.1, 0.15) is 12.1 Å². The smallest absolute Gasteiger partial charge is 0.407 e. The molecule has 1 amide bonds. The minimum Gasteiger partial charge on any atom is -0.465 e. The standard InChI is InChI=1S/C16H19N3O4S2/c1-25(22,23)18-13-7-8-19(16(20)21)14(13)9-12-10-24-15(17-12)11-5-3-2-4-6-11/h2-6,10,13-14,18H,7-9H2,1H3,(H,20,21). The van der Waals surface area contributed by atoms with Crippen LogP contribution in [0.5, 0.6) is 0 Å². The summed E-state index contributed by atoms with van der Waals surface area (Å²) in [6.07, 6.45) is 0.883. The Labute approximate surface area is 150 Å². The predicted molar refractivity (Wildman–Crippen MR) is 96.2 cm³/mol. The lowest BCUT2D eigenvalue weighted by atomic mass is 10.1. The monoisotopic (exact) mass is 381 g/mol. The van der Waals surface area contributed by atoms with Gasteiger partial charge < -0.3 is 10.0 Å². The molecule has 0 saturated carbocycles. The highest BCUT2D eigenvalue weighted by Gasteiger charge is 2.38. The topological polar surface area (TPSA) is 99.6 Å². The lowest BCUT2D eigenvalue weighted by molar-refractivity contribution is 0.137. The lowest BCUT2D eigenvalue weighted by Gasteiger charge is -2.25. The average Bonchev–Trinajstić information content (AvgIpc) is 3.15. The van der Waals surface area contributed by atoms with Crippen molar-refractivity contribution in [3.63, 3.8) is 0 Å². The molecule has 9 heteroatoms. The van der Waals surface area contributed by atoms with Crippen LogP contribution in [0.15, 0.2) is 35.7 Å². The SMILES string of the molecule is CS(=O)(=O)NC1CCN(C(=O)O)C1Cc1csc(-c2ccccc2)n1. The maximum atomic E-state index is 11.6. The number of aromatic nitrogens is 1. The van der Waals surface area contributed by atoms with E-state index in [4.69, 9.17) is 0 Å². The van der Waals surface area contributed by atoms with E-state index >= 15 is 0 Å². The largest absolute Gasteiger partial charge is 0.465 e. The molecule has 25 heavy (non-hydrogen) atoms. The highest BCUT2D eigenvalue weighted by atomic mass is 32.2. The molecule has 1 saturated heterocycles. The van der Waals surface area contributed by atoms with Gasteiger partial charge >= 0.3 is 6.09 Å². The molecule has 0 radical (unpaired) electrons. The summed E-state index contributed by atoms with van der Waals surface area (Å²) in [4.78, 5) is 17.4. The van der Waals surface area contributed by atoms with Gasteiger partial charge in [-0.2, -0.15) is 0 Å². The van der Waals surface area contributed by atoms with Gasteiger partial charge in [0, 0.05) is 30.0 Å². The number of likely N-dealkylation sites (tertiary alicyclic amines) is 1. The van der Waals surface area contributed by atoms with Gasteiger partial charge in [-0.05, 0) is 6.42 Å². The third-order valence-corrected chi connectivity index (χ3v) is 5.82. The van der Waals surface area contributed by atoms with E-state index in [1.165, 1.54) is 16.2 Å². The quantitative estimate of drug-likeness (QED) is 0.825. The Bertz CT molecular complexity index is 851. The molecule has 2 aromatic rings. The third-order valence-electron chi connectivity index (χ3n) is 4.15. The molecule has 7 nitrogen and oxygen atoms in total. The van der Waals surface area contributed by atoms with Crippen LogP contribution in [-0.2, 0) is 16.4 Å². The predicted octanol–water partition coefficient (Wildman–Crippen LogP) is 2.02. The molecule has 1 aromatic carbocycles. The Morgan fingerprint density at radius 3 is 2.76 bits per heavy atom. The molecular formula is C16H19N3O4S2. The summed E-state index contributed by atoms with van der Waals surface area (Å²) < 4.78 is 25.7. The van der Waals surface area contributed by atoms with E-state index < -0.39 is 28.2 Å². The second-order valence-corrected chi connectivity index (χ2v) is 8.68. The maximum Gasteiger partial charge on any atom is 0.407 e. The Balaban J connectivity index is 1.80. The van der Waals surface area contributed by atoms with Gasteiger partial charge in [-0.3, -0.25) is 0 Å². The molecule has 1 aromatic heterocycles. The Kier molecular flexibility index (Phi) is 5.07. The van der Waals surface area contributed by atoms with Crippen molar-refractivity contribution in [1.29, 1.82) is 0 Å². The zero-order valence-corrected chi connectivity index (χ0v) is 15.3. The number of nitrogens with one attached hydrogen (secondary N) is 1. The van der Waals surface area contributed by atoms with Crippen molar-refractivity contribution in [2.24, 2.45) is 0 Å². The van der Waals surface area contributed by atoms with Crippen molar-refractivity contribution >= 4 is 27.5 Å². The molecule has 1 aliphatic rings. The summed E-state index contributed by atoms with van der Waals surface area (Å²) in [5.41, 5.74) is 1.77. The summed E-state index contributed by atoms with van der Waals surface area (Å²) >= 11 is 1.49. The summed E-state index contributed by atoms with van der Waals surface area (Å²) in [7, 11) is -3.41. The van der Waals surface area contributed by atoms with E-state index in [0.717, 1.165) is 22.5 Å². The van der Waals surface area contributed by atoms with Crippen LogP contribution < -0.4 is 4.72 Å². The van der Waals surface area contributed by atoms with Gasteiger partial charge in [0.25, 0.3) is 0 Å². The van der Waals surface area contributed by atoms with Gasteiger partial charge in [0.05, 0.1) is 18.0 Å². The first-order chi connectivity index (χ1) is 11.8. The fourth-order valence-electron chi connectivity index (χ4n) is 3.08. The second kappa shape index (κ2) is 7.11. The number of hydrogen-bond donors (Lipinski definition) is 2. The van der Waals surface area contributed by atoms with Gasteiger partial charge in [-0.1, -0.05) is 30.3 Å². The van der Waals surface area contributed by atoms with E-state index in [0.29, 0.717) is 19.4 Å². The first kappa shape index (κ1) is 17.8. The van der Waals surface area contributed by atoms with Crippen LogP contribution in [0, 0.1) is 0 Å². The minimum atomic E-state index is -3.41. The molecule has 2 atom stereocenters. The van der Waals surface area contributed by atoms with Crippen molar-refractivity contribution in [2.75, 3.05) is 12.8 Å². The van der Waals surface area contributed by atoms with E-state index in [-0.39, 0.29) is 0 Å². The number of nitrogens with zero attached hydrogens (tertiary/aromatic N) is 2. The Hall–Kier alpha value is -1.97. The van der Waals surface area contributed by atoms with E-state index in [2.05, 4.69) is 9.71 Å². The van der Waals surface area contributed by atoms with Gasteiger partial charge in [0.15, 0.2) is 0 Å². The van der Waals surface area contributed by atoms with Crippen LogP contribution in [0.2, 0.25) is 0 Å². The van der Waals surface area contributed by atoms with Gasteiger partial charge in [-0.25, -0.2) is 22.9 Å². The maximum absolute atomic E-state index is 11.6. The number of benzene rings is 1. The highest BCUT2D eigenvalue weighted by Crippen LogP contribution is 2.27. The summed E-state index contributed by atoms with van der Waals surface area (Å²) in [5, 5.41) is 12.2. The molecule has 0 spiro atoms. The minimum absolute atomic E-state index is 0.308. The summed E-state index contributed by atoms with van der Waals surface area (Å²) in [6.45, 7) is 0.308. The van der Waals surface area contributed by atoms with Crippen molar-refractivity contribution in [2.45, 2.75) is 24.9 Å².